The molecule has 0 saturated carbocycles. The standard InChI is InChI=1S/C13H24N4O2/c1-14-12(18)10-16-6-8-17(9-7-16)13(19)11-4-2-3-5-15-11/h11,15H,2-10H2,1H3,(H,14,18)/t11-/m0/s1. The number of nitrogens with zero attached hydrogens (tertiary/aromatic N) is 2. The molecule has 2 aliphatic heterocycles. The van der Waals surface area contributed by atoms with Crippen LogP contribution < -0.4 is 10.6 Å². The molecule has 0 bridgehead atoms. The molecular weight excluding hydrogens is 244 g/mol. The highest BCUT2D eigenvalue weighted by Gasteiger charge is 2.28. The van der Waals surface area contributed by atoms with Crippen LogP contribution in [0.2, 0.25) is 0 Å². The van der Waals surface area contributed by atoms with Crippen molar-refractivity contribution in [3.8, 4) is 0 Å². The number of likely N-dealkylation sites (N-methyl/N-ethyl adjacent to an activating group) is 1. The first-order valence-corrected chi connectivity index (χ1v) is 7.16. The van der Waals surface area contributed by atoms with E-state index < -0.39 is 0 Å². The van der Waals surface area contributed by atoms with Gasteiger partial charge in [-0.1, -0.05) is 6.42 Å². The predicted molar refractivity (Wildman–Crippen MR) is 72.7 cm³/mol. The number of hydrogen-bond acceptors (Lipinski definition) is 4. The third-order valence-corrected chi connectivity index (χ3v) is 3.94. The zero-order valence-electron chi connectivity index (χ0n) is 11.7. The van der Waals surface area contributed by atoms with Gasteiger partial charge in [0.1, 0.15) is 0 Å². The van der Waals surface area contributed by atoms with E-state index in [-0.39, 0.29) is 17.9 Å². The summed E-state index contributed by atoms with van der Waals surface area (Å²) < 4.78 is 0. The van der Waals surface area contributed by atoms with Crippen LogP contribution >= 0.6 is 0 Å². The maximum atomic E-state index is 12.3. The minimum absolute atomic E-state index is 0.0132. The van der Waals surface area contributed by atoms with E-state index in [1.807, 2.05) is 4.90 Å². The molecule has 6 nitrogen and oxygen atoms in total. The van der Waals surface area contributed by atoms with Crippen molar-refractivity contribution in [1.82, 2.24) is 20.4 Å². The Kier molecular flexibility index (Phi) is 5.15. The van der Waals surface area contributed by atoms with Gasteiger partial charge in [-0.05, 0) is 19.4 Å². The van der Waals surface area contributed by atoms with E-state index >= 15 is 0 Å². The van der Waals surface area contributed by atoms with E-state index in [1.165, 1.54) is 6.42 Å². The Morgan fingerprint density at radius 2 is 1.95 bits per heavy atom. The summed E-state index contributed by atoms with van der Waals surface area (Å²) in [6, 6.07) is 0.0132. The fraction of sp³-hybridized carbons (Fsp3) is 0.846. The highest BCUT2D eigenvalue weighted by Crippen LogP contribution is 2.11. The summed E-state index contributed by atoms with van der Waals surface area (Å²) in [6.07, 6.45) is 3.26. The van der Waals surface area contributed by atoms with Gasteiger partial charge in [-0.3, -0.25) is 14.5 Å². The lowest BCUT2D eigenvalue weighted by atomic mass is 10.0. The molecule has 2 fully saturated rings. The molecule has 0 aromatic rings. The van der Waals surface area contributed by atoms with Crippen molar-refractivity contribution in [2.45, 2.75) is 25.3 Å². The van der Waals surface area contributed by atoms with Gasteiger partial charge in [0.15, 0.2) is 0 Å². The van der Waals surface area contributed by atoms with Crippen molar-refractivity contribution >= 4 is 11.8 Å². The van der Waals surface area contributed by atoms with Crippen LogP contribution in [0.1, 0.15) is 19.3 Å². The van der Waals surface area contributed by atoms with Gasteiger partial charge in [0, 0.05) is 33.2 Å². The molecule has 0 spiro atoms. The molecule has 0 aliphatic carbocycles. The molecular formula is C13H24N4O2. The van der Waals surface area contributed by atoms with E-state index in [2.05, 4.69) is 15.5 Å². The van der Waals surface area contributed by atoms with Crippen molar-refractivity contribution in [2.24, 2.45) is 0 Å². The molecule has 2 saturated heterocycles. The Balaban J connectivity index is 1.76. The van der Waals surface area contributed by atoms with Gasteiger partial charge in [-0.2, -0.15) is 0 Å². The summed E-state index contributed by atoms with van der Waals surface area (Å²) in [7, 11) is 1.65. The normalized spacial score (nSPS) is 25.1. The highest BCUT2D eigenvalue weighted by molar-refractivity contribution is 5.82. The lowest BCUT2D eigenvalue weighted by molar-refractivity contribution is -0.136. The summed E-state index contributed by atoms with van der Waals surface area (Å²) in [6.45, 7) is 4.41. The fourth-order valence-corrected chi connectivity index (χ4v) is 2.69. The van der Waals surface area contributed by atoms with Gasteiger partial charge in [-0.15, -0.1) is 0 Å². The Labute approximate surface area is 114 Å². The summed E-state index contributed by atoms with van der Waals surface area (Å²) in [4.78, 5) is 27.6. The number of rotatable bonds is 3. The Morgan fingerprint density at radius 1 is 1.21 bits per heavy atom. The molecule has 0 unspecified atom stereocenters. The number of nitrogens with one attached hydrogen (secondary N) is 2. The molecule has 1 atom stereocenters. The number of amides is 2. The summed E-state index contributed by atoms with van der Waals surface area (Å²) >= 11 is 0. The van der Waals surface area contributed by atoms with E-state index in [1.54, 1.807) is 7.05 Å². The first-order valence-electron chi connectivity index (χ1n) is 7.16. The fourth-order valence-electron chi connectivity index (χ4n) is 2.69. The second-order valence-corrected chi connectivity index (χ2v) is 5.28. The monoisotopic (exact) mass is 268 g/mol. The van der Waals surface area contributed by atoms with Crippen LogP contribution in [0.5, 0.6) is 0 Å². The van der Waals surface area contributed by atoms with Crippen LogP contribution in [0, 0.1) is 0 Å². The summed E-state index contributed by atoms with van der Waals surface area (Å²) in [5.41, 5.74) is 0. The van der Waals surface area contributed by atoms with Crippen LogP contribution in [-0.2, 0) is 9.59 Å². The quantitative estimate of drug-likeness (QED) is 0.690. The molecule has 0 aromatic carbocycles. The van der Waals surface area contributed by atoms with Crippen molar-refractivity contribution in [2.75, 3.05) is 46.3 Å². The second-order valence-electron chi connectivity index (χ2n) is 5.28. The molecule has 108 valence electrons. The van der Waals surface area contributed by atoms with Crippen LogP contribution in [0.25, 0.3) is 0 Å². The number of hydrogen-bond donors (Lipinski definition) is 2. The number of piperazine rings is 1. The minimum Gasteiger partial charge on any atom is -0.358 e. The van der Waals surface area contributed by atoms with Gasteiger partial charge < -0.3 is 15.5 Å². The third-order valence-electron chi connectivity index (χ3n) is 3.94. The zero-order chi connectivity index (χ0) is 13.7. The predicted octanol–water partition coefficient (Wildman–Crippen LogP) is -0.981. The number of piperidine rings is 1. The van der Waals surface area contributed by atoms with Gasteiger partial charge in [0.2, 0.25) is 11.8 Å². The Morgan fingerprint density at radius 3 is 2.53 bits per heavy atom. The molecule has 6 heteroatoms. The third kappa shape index (κ3) is 3.91. The van der Waals surface area contributed by atoms with E-state index in [4.69, 9.17) is 0 Å². The zero-order valence-corrected chi connectivity index (χ0v) is 11.7. The van der Waals surface area contributed by atoms with Gasteiger partial charge in [0.05, 0.1) is 12.6 Å². The highest BCUT2D eigenvalue weighted by atomic mass is 16.2. The van der Waals surface area contributed by atoms with Crippen LogP contribution in [0.3, 0.4) is 0 Å². The Bertz CT molecular complexity index is 321. The number of carbonyl (C=O) groups excluding carboxylic acids is 2. The molecule has 2 aliphatic rings. The largest absolute Gasteiger partial charge is 0.358 e. The average Bonchev–Trinajstić information content (AvgIpc) is 2.48. The maximum absolute atomic E-state index is 12.3. The van der Waals surface area contributed by atoms with Crippen LogP contribution in [0.4, 0.5) is 0 Å². The van der Waals surface area contributed by atoms with Crippen molar-refractivity contribution in [1.29, 1.82) is 0 Å². The minimum atomic E-state index is 0.0132. The first kappa shape index (κ1) is 14.3. The first-order chi connectivity index (χ1) is 9.20. The maximum Gasteiger partial charge on any atom is 0.239 e. The molecule has 2 heterocycles. The average molecular weight is 268 g/mol. The molecule has 0 aromatic heterocycles. The van der Waals surface area contributed by atoms with Gasteiger partial charge >= 0.3 is 0 Å². The van der Waals surface area contributed by atoms with Crippen molar-refractivity contribution in [3.63, 3.8) is 0 Å². The SMILES string of the molecule is CNC(=O)CN1CCN(C(=O)[C@@H]2CCCCN2)CC1. The summed E-state index contributed by atoms with van der Waals surface area (Å²) in [5, 5.41) is 5.93. The number of carbonyl (C=O) groups is 2. The van der Waals surface area contributed by atoms with E-state index in [9.17, 15) is 9.59 Å². The summed E-state index contributed by atoms with van der Waals surface area (Å²) in [5.74, 6) is 0.271. The Hall–Kier alpha value is -1.14. The van der Waals surface area contributed by atoms with Crippen LogP contribution in [0.15, 0.2) is 0 Å². The van der Waals surface area contributed by atoms with E-state index in [0.29, 0.717) is 6.54 Å². The van der Waals surface area contributed by atoms with Gasteiger partial charge in [0.25, 0.3) is 0 Å². The topological polar surface area (TPSA) is 64.7 Å². The lowest BCUT2D eigenvalue weighted by Gasteiger charge is -2.37. The van der Waals surface area contributed by atoms with Crippen molar-refractivity contribution < 1.29 is 9.59 Å². The van der Waals surface area contributed by atoms with E-state index in [0.717, 1.165) is 45.6 Å². The van der Waals surface area contributed by atoms with Gasteiger partial charge in [-0.25, -0.2) is 0 Å². The molecule has 2 N–H and O–H groups in total. The van der Waals surface area contributed by atoms with Crippen molar-refractivity contribution in [3.05, 3.63) is 0 Å². The van der Waals surface area contributed by atoms with Crippen LogP contribution in [-0.4, -0.2) is 74.0 Å². The molecule has 2 amide bonds. The second kappa shape index (κ2) is 6.86. The molecule has 2 rings (SSSR count). The molecule has 0 radical (unpaired) electrons. The smallest absolute Gasteiger partial charge is 0.239 e. The molecule has 19 heavy (non-hydrogen) atoms. The lowest BCUT2D eigenvalue weighted by Crippen LogP contribution is -2.55.